The van der Waals surface area contributed by atoms with Gasteiger partial charge in [0, 0.05) is 11.3 Å². The normalized spacial score (nSPS) is 25.8. The zero-order valence-electron chi connectivity index (χ0n) is 10.6. The van der Waals surface area contributed by atoms with Crippen LogP contribution in [0.25, 0.3) is 0 Å². The highest BCUT2D eigenvalue weighted by Gasteiger charge is 2.34. The van der Waals surface area contributed by atoms with E-state index in [1.165, 1.54) is 12.8 Å². The molecule has 2 unspecified atom stereocenters. The molecule has 0 aromatic carbocycles. The van der Waals surface area contributed by atoms with E-state index in [1.54, 1.807) is 0 Å². The molecule has 1 amide bonds. The molecule has 2 atom stereocenters. The van der Waals surface area contributed by atoms with Crippen LogP contribution in [-0.4, -0.2) is 29.0 Å². The van der Waals surface area contributed by atoms with Crippen molar-refractivity contribution >= 4 is 17.7 Å². The molecule has 0 spiro atoms. The average molecular weight is 244 g/mol. The minimum Gasteiger partial charge on any atom is -0.351 e. The molecule has 3 nitrogen and oxygen atoms in total. The Morgan fingerprint density at radius 3 is 2.56 bits per heavy atom. The molecule has 0 saturated heterocycles. The molecule has 1 aliphatic rings. The fraction of sp³-hybridized carbons (Fsp3) is 0.917. The third kappa shape index (κ3) is 2.92. The Morgan fingerprint density at radius 2 is 2.06 bits per heavy atom. The quantitative estimate of drug-likeness (QED) is 0.776. The minimum atomic E-state index is -0.675. The van der Waals surface area contributed by atoms with Gasteiger partial charge in [-0.05, 0) is 31.9 Å². The van der Waals surface area contributed by atoms with Gasteiger partial charge in [-0.1, -0.05) is 20.3 Å². The van der Waals surface area contributed by atoms with Crippen LogP contribution in [0.3, 0.4) is 0 Å². The monoisotopic (exact) mass is 244 g/mol. The number of carbonyl (C=O) groups excluding carboxylic acids is 1. The zero-order valence-corrected chi connectivity index (χ0v) is 11.4. The summed E-state index contributed by atoms with van der Waals surface area (Å²) in [5.74, 6) is 0.0310. The molecule has 0 aliphatic heterocycles. The Labute approximate surface area is 103 Å². The number of rotatable bonds is 5. The van der Waals surface area contributed by atoms with Crippen LogP contribution in [0.4, 0.5) is 0 Å². The van der Waals surface area contributed by atoms with Gasteiger partial charge in [0.1, 0.15) is 0 Å². The fourth-order valence-electron chi connectivity index (χ4n) is 2.26. The summed E-state index contributed by atoms with van der Waals surface area (Å²) in [7, 11) is 0. The summed E-state index contributed by atoms with van der Waals surface area (Å²) in [6.45, 7) is 3.95. The van der Waals surface area contributed by atoms with Crippen LogP contribution in [-0.2, 0) is 4.79 Å². The highest BCUT2D eigenvalue weighted by Crippen LogP contribution is 2.28. The Balaban J connectivity index is 2.56. The second-order valence-electron chi connectivity index (χ2n) is 4.65. The average Bonchev–Trinajstić information content (AvgIpc) is 2.75. The number of thioether (sulfide) groups is 1. The molecule has 3 N–H and O–H groups in total. The van der Waals surface area contributed by atoms with Crippen molar-refractivity contribution in [3.63, 3.8) is 0 Å². The maximum atomic E-state index is 12.1. The second-order valence-corrected chi connectivity index (χ2v) is 5.73. The van der Waals surface area contributed by atoms with Gasteiger partial charge in [0.15, 0.2) is 0 Å². The highest BCUT2D eigenvalue weighted by atomic mass is 32.2. The van der Waals surface area contributed by atoms with Crippen LogP contribution in [0.1, 0.15) is 46.0 Å². The molecule has 16 heavy (non-hydrogen) atoms. The molecule has 0 aromatic heterocycles. The molecular formula is C12H24N2OS. The third-order valence-corrected chi connectivity index (χ3v) is 4.96. The van der Waals surface area contributed by atoms with E-state index < -0.39 is 5.54 Å². The number of nitrogens with one attached hydrogen (secondary N) is 1. The first-order valence-corrected chi connectivity index (χ1v) is 7.48. The minimum absolute atomic E-state index is 0.0310. The van der Waals surface area contributed by atoms with Crippen molar-refractivity contribution in [1.29, 1.82) is 0 Å². The molecule has 0 bridgehead atoms. The topological polar surface area (TPSA) is 55.1 Å². The van der Waals surface area contributed by atoms with Crippen LogP contribution in [0, 0.1) is 0 Å². The lowest BCUT2D eigenvalue weighted by molar-refractivity contribution is -0.127. The summed E-state index contributed by atoms with van der Waals surface area (Å²) in [5, 5.41) is 3.71. The number of amides is 1. The van der Waals surface area contributed by atoms with Crippen LogP contribution in [0.5, 0.6) is 0 Å². The Hall–Kier alpha value is -0.220. The van der Waals surface area contributed by atoms with Crippen molar-refractivity contribution in [3.8, 4) is 0 Å². The molecular weight excluding hydrogens is 220 g/mol. The molecule has 4 heteroatoms. The summed E-state index contributed by atoms with van der Waals surface area (Å²) in [5.41, 5.74) is 5.41. The molecule has 0 radical (unpaired) electrons. The summed E-state index contributed by atoms with van der Waals surface area (Å²) in [6, 6.07) is 0.323. The van der Waals surface area contributed by atoms with Gasteiger partial charge in [-0.15, -0.1) is 0 Å². The van der Waals surface area contributed by atoms with Crippen LogP contribution < -0.4 is 11.1 Å². The lowest BCUT2D eigenvalue weighted by atomic mass is 9.93. The van der Waals surface area contributed by atoms with Gasteiger partial charge in [-0.3, -0.25) is 4.79 Å². The van der Waals surface area contributed by atoms with E-state index in [9.17, 15) is 4.79 Å². The molecule has 0 aromatic rings. The molecule has 0 heterocycles. The van der Waals surface area contributed by atoms with Crippen molar-refractivity contribution < 1.29 is 4.79 Å². The van der Waals surface area contributed by atoms with E-state index in [4.69, 9.17) is 5.73 Å². The third-order valence-electron chi connectivity index (χ3n) is 3.79. The maximum Gasteiger partial charge on any atom is 0.240 e. The zero-order chi connectivity index (χ0) is 12.2. The molecule has 1 rings (SSSR count). The van der Waals surface area contributed by atoms with E-state index in [0.29, 0.717) is 24.1 Å². The number of nitrogens with two attached hydrogens (primary N) is 1. The lowest BCUT2D eigenvalue weighted by Gasteiger charge is -2.29. The van der Waals surface area contributed by atoms with E-state index in [-0.39, 0.29) is 5.91 Å². The SMILES string of the molecule is CCC(N)(CC)C(=O)NC1CCCC1SC. The first-order valence-electron chi connectivity index (χ1n) is 6.20. The van der Waals surface area contributed by atoms with Gasteiger partial charge < -0.3 is 11.1 Å². The summed E-state index contributed by atoms with van der Waals surface area (Å²) in [6.07, 6.45) is 7.04. The number of carbonyl (C=O) groups is 1. The largest absolute Gasteiger partial charge is 0.351 e. The number of hydrogen-bond donors (Lipinski definition) is 2. The molecule has 1 fully saturated rings. The van der Waals surface area contributed by atoms with E-state index in [2.05, 4.69) is 11.6 Å². The smallest absolute Gasteiger partial charge is 0.240 e. The van der Waals surface area contributed by atoms with E-state index in [1.807, 2.05) is 25.6 Å². The molecule has 1 aliphatic carbocycles. The second kappa shape index (κ2) is 5.92. The van der Waals surface area contributed by atoms with Gasteiger partial charge in [0.25, 0.3) is 0 Å². The van der Waals surface area contributed by atoms with Crippen molar-refractivity contribution in [2.45, 2.75) is 62.8 Å². The van der Waals surface area contributed by atoms with Crippen LogP contribution >= 0.6 is 11.8 Å². The first kappa shape index (κ1) is 13.8. The summed E-state index contributed by atoms with van der Waals surface area (Å²) in [4.78, 5) is 12.1. The van der Waals surface area contributed by atoms with Gasteiger partial charge >= 0.3 is 0 Å². The van der Waals surface area contributed by atoms with E-state index >= 15 is 0 Å². The summed E-state index contributed by atoms with van der Waals surface area (Å²) >= 11 is 1.85. The Kier molecular flexibility index (Phi) is 5.12. The van der Waals surface area contributed by atoms with Crippen molar-refractivity contribution in [2.75, 3.05) is 6.26 Å². The van der Waals surface area contributed by atoms with Crippen molar-refractivity contribution in [3.05, 3.63) is 0 Å². The Bertz CT molecular complexity index is 241. The van der Waals surface area contributed by atoms with Gasteiger partial charge in [-0.25, -0.2) is 0 Å². The van der Waals surface area contributed by atoms with Gasteiger partial charge in [0.05, 0.1) is 5.54 Å². The van der Waals surface area contributed by atoms with Crippen LogP contribution in [0.2, 0.25) is 0 Å². The Morgan fingerprint density at radius 1 is 1.44 bits per heavy atom. The fourth-order valence-corrected chi connectivity index (χ4v) is 3.19. The van der Waals surface area contributed by atoms with Crippen LogP contribution in [0.15, 0.2) is 0 Å². The van der Waals surface area contributed by atoms with E-state index in [0.717, 1.165) is 6.42 Å². The van der Waals surface area contributed by atoms with Crippen molar-refractivity contribution in [1.82, 2.24) is 5.32 Å². The maximum absolute atomic E-state index is 12.1. The predicted octanol–water partition coefficient (Wildman–Crippen LogP) is 1.90. The predicted molar refractivity (Wildman–Crippen MR) is 70.6 cm³/mol. The lowest BCUT2D eigenvalue weighted by Crippen LogP contribution is -2.56. The van der Waals surface area contributed by atoms with Crippen molar-refractivity contribution in [2.24, 2.45) is 5.73 Å². The standard InChI is InChI=1S/C12H24N2OS/c1-4-12(13,5-2)11(15)14-9-7-6-8-10(9)16-3/h9-10H,4-8,13H2,1-3H3,(H,14,15). The summed E-state index contributed by atoms with van der Waals surface area (Å²) < 4.78 is 0. The van der Waals surface area contributed by atoms with Gasteiger partial charge in [-0.2, -0.15) is 11.8 Å². The molecule has 94 valence electrons. The number of hydrogen-bond acceptors (Lipinski definition) is 3. The highest BCUT2D eigenvalue weighted by molar-refractivity contribution is 7.99. The first-order chi connectivity index (χ1) is 7.57. The molecule has 1 saturated carbocycles. The van der Waals surface area contributed by atoms with Gasteiger partial charge in [0.2, 0.25) is 5.91 Å².